The minimum Gasteiger partial charge on any atom is -0.508 e. The summed E-state index contributed by atoms with van der Waals surface area (Å²) in [6.07, 6.45) is 5.44. The Morgan fingerprint density at radius 1 is 1.33 bits per heavy atom. The number of rotatable bonds is 3. The Labute approximate surface area is 152 Å². The van der Waals surface area contributed by atoms with Crippen LogP contribution in [0.15, 0.2) is 43.1 Å². The molecule has 24 heavy (non-hydrogen) atoms. The zero-order chi connectivity index (χ0) is 16.0. The second kappa shape index (κ2) is 6.82. The molecule has 5 atom stereocenters. The molecule has 3 aliphatic rings. The van der Waals surface area contributed by atoms with Gasteiger partial charge >= 0.3 is 0 Å². The number of aliphatic hydroxyl groups excluding tert-OH is 1. The van der Waals surface area contributed by atoms with Crippen molar-refractivity contribution in [3.05, 3.63) is 48.7 Å². The van der Waals surface area contributed by atoms with Crippen molar-refractivity contribution in [2.45, 2.75) is 25.0 Å². The van der Waals surface area contributed by atoms with E-state index < -0.39 is 6.10 Å². The Kier molecular flexibility index (Phi) is 4.95. The van der Waals surface area contributed by atoms with Crippen molar-refractivity contribution < 1.29 is 10.2 Å². The third kappa shape index (κ3) is 2.85. The lowest BCUT2D eigenvalue weighted by Gasteiger charge is -2.50. The monoisotopic (exact) mass is 390 g/mol. The molecule has 2 aromatic rings. The molecular weight excluding hydrogens is 368 g/mol. The molecule has 4 nitrogen and oxygen atoms in total. The highest BCUT2D eigenvalue weighted by atomic mass is 79.9. The molecule has 0 spiro atoms. The Balaban J connectivity index is 0.00000169. The summed E-state index contributed by atoms with van der Waals surface area (Å²) < 4.78 is 0. The number of hydrogen-bond donors (Lipinski definition) is 2. The van der Waals surface area contributed by atoms with Crippen molar-refractivity contribution in [2.75, 3.05) is 13.1 Å². The van der Waals surface area contributed by atoms with Crippen LogP contribution in [0.2, 0.25) is 0 Å². The number of nitrogens with zero attached hydrogens (tertiary/aromatic N) is 2. The molecule has 3 saturated heterocycles. The Bertz CT molecular complexity index is 751. The first kappa shape index (κ1) is 17.4. The number of pyridine rings is 1. The first-order chi connectivity index (χ1) is 11.2. The SMILES string of the molecule is Br.C=C[C@H]1CN2CC[C@H]1C[C@H]2[C@H](O)c1ccnc2ccc(O)cc12. The second-order valence-corrected chi connectivity index (χ2v) is 6.79. The molecule has 2 bridgehead atoms. The average molecular weight is 391 g/mol. The number of benzene rings is 1. The molecule has 3 fully saturated rings. The molecule has 0 radical (unpaired) electrons. The van der Waals surface area contributed by atoms with Crippen molar-refractivity contribution in [2.24, 2.45) is 11.8 Å². The lowest BCUT2D eigenvalue weighted by molar-refractivity contribution is -0.0444. The van der Waals surface area contributed by atoms with Gasteiger partial charge in [-0.25, -0.2) is 0 Å². The van der Waals surface area contributed by atoms with Crippen molar-refractivity contribution in [3.8, 4) is 5.75 Å². The topological polar surface area (TPSA) is 56.6 Å². The number of halogens is 1. The number of fused-ring (bicyclic) bond motifs is 4. The molecule has 4 heterocycles. The van der Waals surface area contributed by atoms with Gasteiger partial charge in [-0.1, -0.05) is 6.08 Å². The fourth-order valence-corrected chi connectivity index (χ4v) is 4.33. The van der Waals surface area contributed by atoms with Crippen LogP contribution in [0.5, 0.6) is 5.75 Å². The number of aromatic nitrogens is 1. The number of hydrogen-bond acceptors (Lipinski definition) is 4. The molecule has 1 unspecified atom stereocenters. The van der Waals surface area contributed by atoms with E-state index in [0.29, 0.717) is 11.8 Å². The largest absolute Gasteiger partial charge is 0.508 e. The molecular formula is C19H23BrN2O2. The predicted molar refractivity (Wildman–Crippen MR) is 100 cm³/mol. The summed E-state index contributed by atoms with van der Waals surface area (Å²) in [5, 5.41) is 21.7. The zero-order valence-corrected chi connectivity index (χ0v) is 15.2. The molecule has 1 aromatic carbocycles. The molecule has 0 aliphatic carbocycles. The van der Waals surface area contributed by atoms with Gasteiger partial charge in [0.2, 0.25) is 0 Å². The van der Waals surface area contributed by atoms with Gasteiger partial charge in [0.25, 0.3) is 0 Å². The van der Waals surface area contributed by atoms with Gasteiger partial charge in [-0.2, -0.15) is 0 Å². The number of aromatic hydroxyl groups is 1. The maximum atomic E-state index is 11.0. The fraction of sp³-hybridized carbons (Fsp3) is 0.421. The molecule has 5 heteroatoms. The van der Waals surface area contributed by atoms with Crippen LogP contribution in [-0.4, -0.2) is 39.2 Å². The molecule has 1 aromatic heterocycles. The van der Waals surface area contributed by atoms with E-state index in [9.17, 15) is 10.2 Å². The highest BCUT2D eigenvalue weighted by molar-refractivity contribution is 8.93. The van der Waals surface area contributed by atoms with E-state index in [2.05, 4.69) is 22.5 Å². The minimum absolute atomic E-state index is 0. The summed E-state index contributed by atoms with van der Waals surface area (Å²) in [5.74, 6) is 1.38. The van der Waals surface area contributed by atoms with Crippen LogP contribution < -0.4 is 0 Å². The van der Waals surface area contributed by atoms with Gasteiger partial charge in [0.05, 0.1) is 11.6 Å². The van der Waals surface area contributed by atoms with Crippen molar-refractivity contribution >= 4 is 27.9 Å². The number of aliphatic hydroxyl groups is 1. The fourth-order valence-electron chi connectivity index (χ4n) is 4.33. The number of piperidine rings is 3. The normalized spacial score (nSPS) is 29.9. The molecule has 2 N–H and O–H groups in total. The summed E-state index contributed by atoms with van der Waals surface area (Å²) in [6, 6.07) is 7.14. The molecule has 128 valence electrons. The maximum Gasteiger partial charge on any atom is 0.116 e. The molecule has 0 saturated carbocycles. The zero-order valence-electron chi connectivity index (χ0n) is 13.5. The van der Waals surface area contributed by atoms with Gasteiger partial charge in [-0.15, -0.1) is 23.6 Å². The van der Waals surface area contributed by atoms with Crippen LogP contribution in [0.1, 0.15) is 24.5 Å². The van der Waals surface area contributed by atoms with Crippen LogP contribution in [0.3, 0.4) is 0 Å². The van der Waals surface area contributed by atoms with E-state index in [-0.39, 0.29) is 28.8 Å². The van der Waals surface area contributed by atoms with Crippen LogP contribution in [0.4, 0.5) is 0 Å². The van der Waals surface area contributed by atoms with Gasteiger partial charge in [0.15, 0.2) is 0 Å². The third-order valence-corrected chi connectivity index (χ3v) is 5.60. The lowest BCUT2D eigenvalue weighted by Crippen LogP contribution is -2.54. The van der Waals surface area contributed by atoms with Crippen molar-refractivity contribution in [3.63, 3.8) is 0 Å². The smallest absolute Gasteiger partial charge is 0.116 e. The summed E-state index contributed by atoms with van der Waals surface area (Å²) >= 11 is 0. The average Bonchev–Trinajstić information content (AvgIpc) is 2.60. The predicted octanol–water partition coefficient (Wildman–Crippen LogP) is 3.45. The Morgan fingerprint density at radius 3 is 2.88 bits per heavy atom. The van der Waals surface area contributed by atoms with Crippen LogP contribution >= 0.6 is 17.0 Å². The van der Waals surface area contributed by atoms with E-state index in [0.717, 1.165) is 36.0 Å². The minimum atomic E-state index is -0.559. The van der Waals surface area contributed by atoms with Gasteiger partial charge in [-0.05, 0) is 61.1 Å². The van der Waals surface area contributed by atoms with Gasteiger partial charge in [-0.3, -0.25) is 9.88 Å². The van der Waals surface area contributed by atoms with E-state index in [1.807, 2.05) is 6.07 Å². The van der Waals surface area contributed by atoms with Gasteiger partial charge in [0, 0.05) is 24.2 Å². The van der Waals surface area contributed by atoms with Crippen LogP contribution in [-0.2, 0) is 0 Å². The highest BCUT2D eigenvalue weighted by Gasteiger charge is 2.42. The van der Waals surface area contributed by atoms with E-state index in [1.54, 1.807) is 24.4 Å². The lowest BCUT2D eigenvalue weighted by atomic mass is 9.73. The number of phenols is 1. The van der Waals surface area contributed by atoms with E-state index >= 15 is 0 Å². The summed E-state index contributed by atoms with van der Waals surface area (Å²) in [4.78, 5) is 6.73. The van der Waals surface area contributed by atoms with E-state index in [1.165, 1.54) is 6.42 Å². The standard InChI is InChI=1S/C19H22N2O2.BrH/c1-2-12-11-21-8-6-13(12)9-18(21)19(23)15-5-7-20-17-4-3-14(22)10-16(15)17;/h2-5,7,10,12-13,18-19,22-23H,1,6,8-9,11H2;1H/t12-,13-,18-,19+;/m0./s1. The molecule has 3 aliphatic heterocycles. The molecule has 0 amide bonds. The van der Waals surface area contributed by atoms with Gasteiger partial charge < -0.3 is 10.2 Å². The van der Waals surface area contributed by atoms with E-state index in [4.69, 9.17) is 0 Å². The van der Waals surface area contributed by atoms with Crippen molar-refractivity contribution in [1.82, 2.24) is 9.88 Å². The maximum absolute atomic E-state index is 11.0. The quantitative estimate of drug-likeness (QED) is 0.787. The Morgan fingerprint density at radius 2 is 2.17 bits per heavy atom. The van der Waals surface area contributed by atoms with Gasteiger partial charge in [0.1, 0.15) is 5.75 Å². The summed E-state index contributed by atoms with van der Waals surface area (Å²) in [7, 11) is 0. The summed E-state index contributed by atoms with van der Waals surface area (Å²) in [5.41, 5.74) is 1.66. The molecule has 5 rings (SSSR count). The third-order valence-electron chi connectivity index (χ3n) is 5.60. The highest BCUT2D eigenvalue weighted by Crippen LogP contribution is 2.42. The summed E-state index contributed by atoms with van der Waals surface area (Å²) in [6.45, 7) is 5.99. The first-order valence-electron chi connectivity index (χ1n) is 8.29. The van der Waals surface area contributed by atoms with Crippen molar-refractivity contribution in [1.29, 1.82) is 0 Å². The van der Waals surface area contributed by atoms with Crippen LogP contribution in [0, 0.1) is 11.8 Å². The Hall–Kier alpha value is -1.43. The second-order valence-electron chi connectivity index (χ2n) is 6.79. The number of phenolic OH excluding ortho intramolecular Hbond substituents is 1. The van der Waals surface area contributed by atoms with Crippen LogP contribution in [0.25, 0.3) is 10.9 Å². The first-order valence-corrected chi connectivity index (χ1v) is 8.29.